The number of halogens is 1. The van der Waals surface area contributed by atoms with Crippen molar-refractivity contribution in [3.05, 3.63) is 83.9 Å². The molecule has 1 aromatic carbocycles. The molecule has 0 radical (unpaired) electrons. The first-order chi connectivity index (χ1) is 17.6. The number of anilines is 2. The molecule has 0 saturated carbocycles. The quantitative estimate of drug-likeness (QED) is 0.348. The molecule has 1 aliphatic rings. The Labute approximate surface area is 212 Å². The van der Waals surface area contributed by atoms with Gasteiger partial charge in [-0.05, 0) is 42.8 Å². The van der Waals surface area contributed by atoms with Crippen molar-refractivity contribution in [1.82, 2.24) is 29.8 Å². The van der Waals surface area contributed by atoms with Crippen LogP contribution in [-0.4, -0.2) is 54.9 Å². The average Bonchev–Trinajstić information content (AvgIpc) is 3.37. The van der Waals surface area contributed by atoms with E-state index in [2.05, 4.69) is 36.8 Å². The largest absolute Gasteiger partial charge is 0.486 e. The van der Waals surface area contributed by atoms with Gasteiger partial charge in [0, 0.05) is 36.7 Å². The smallest absolute Gasteiger partial charge is 0.245 e. The van der Waals surface area contributed by atoms with E-state index in [0.717, 1.165) is 6.42 Å². The number of benzene rings is 1. The van der Waals surface area contributed by atoms with Crippen LogP contribution in [0.5, 0.6) is 5.75 Å². The van der Waals surface area contributed by atoms with E-state index in [4.69, 9.17) is 21.7 Å². The molecule has 5 rings (SSSR count). The van der Waals surface area contributed by atoms with Crippen molar-refractivity contribution in [2.45, 2.75) is 19.1 Å². The summed E-state index contributed by atoms with van der Waals surface area (Å²) in [5, 5.41) is 8.42. The molecular formula is C25H22ClN8O2-. The third-order valence-electron chi connectivity index (χ3n) is 5.62. The van der Waals surface area contributed by atoms with E-state index in [-0.39, 0.29) is 18.6 Å². The lowest BCUT2D eigenvalue weighted by Crippen LogP contribution is -2.27. The van der Waals surface area contributed by atoms with Gasteiger partial charge in [-0.25, -0.2) is 9.97 Å². The standard InChI is InChI=1S/C25H22ClN8O2/c1-2-23(35)34-10-7-17(13-34)31-22-6-4-20-24(33-22)25(30-15-29-20)32-16-3-5-21(19(26)11-16)36-14-18-12-27-8-9-28-18/h2-6,8-9,11-12,15,17H,1,7,10,13-14H2,(H-,27,28,29,30,31,32,33)/q-1. The van der Waals surface area contributed by atoms with Gasteiger partial charge in [0.05, 0.1) is 22.4 Å². The van der Waals surface area contributed by atoms with E-state index in [1.54, 1.807) is 35.6 Å². The summed E-state index contributed by atoms with van der Waals surface area (Å²) >= 11 is 6.45. The first-order valence-electron chi connectivity index (χ1n) is 11.3. The number of pyridine rings is 1. The van der Waals surface area contributed by atoms with Crippen LogP contribution in [0.2, 0.25) is 5.02 Å². The fraction of sp³-hybridized carbons (Fsp3) is 0.200. The van der Waals surface area contributed by atoms with Gasteiger partial charge >= 0.3 is 0 Å². The maximum Gasteiger partial charge on any atom is 0.245 e. The zero-order valence-corrected chi connectivity index (χ0v) is 20.0. The number of fused-ring (bicyclic) bond motifs is 1. The molecule has 11 heteroatoms. The normalized spacial score (nSPS) is 15.0. The second kappa shape index (κ2) is 10.5. The van der Waals surface area contributed by atoms with Crippen LogP contribution in [0.4, 0.5) is 17.3 Å². The number of aromatic nitrogens is 5. The van der Waals surface area contributed by atoms with Gasteiger partial charge in [0.2, 0.25) is 5.91 Å². The van der Waals surface area contributed by atoms with Crippen molar-refractivity contribution in [3.8, 4) is 5.75 Å². The summed E-state index contributed by atoms with van der Waals surface area (Å²) in [7, 11) is 0. The van der Waals surface area contributed by atoms with Crippen molar-refractivity contribution >= 4 is 45.9 Å². The highest BCUT2D eigenvalue weighted by molar-refractivity contribution is 6.32. The number of carbonyl (C=O) groups excluding carboxylic acids is 1. The molecule has 1 amide bonds. The lowest BCUT2D eigenvalue weighted by Gasteiger charge is -2.23. The zero-order valence-electron chi connectivity index (χ0n) is 19.2. The fourth-order valence-electron chi connectivity index (χ4n) is 3.85. The minimum absolute atomic E-state index is 0.0203. The van der Waals surface area contributed by atoms with Crippen LogP contribution in [0, 0.1) is 0 Å². The molecule has 1 unspecified atom stereocenters. The van der Waals surface area contributed by atoms with Crippen molar-refractivity contribution in [1.29, 1.82) is 0 Å². The number of hydrogen-bond acceptors (Lipinski definition) is 8. The van der Waals surface area contributed by atoms with E-state index in [9.17, 15) is 4.79 Å². The second-order valence-electron chi connectivity index (χ2n) is 8.08. The van der Waals surface area contributed by atoms with Crippen molar-refractivity contribution in [3.63, 3.8) is 0 Å². The first-order valence-corrected chi connectivity index (χ1v) is 11.6. The third-order valence-corrected chi connectivity index (χ3v) is 5.91. The number of carbonyl (C=O) groups is 1. The number of ether oxygens (including phenoxy) is 1. The highest BCUT2D eigenvalue weighted by Gasteiger charge is 2.22. The molecule has 3 aromatic heterocycles. The molecule has 4 aromatic rings. The Morgan fingerprint density at radius 1 is 1.25 bits per heavy atom. The van der Waals surface area contributed by atoms with Crippen LogP contribution >= 0.6 is 11.6 Å². The summed E-state index contributed by atoms with van der Waals surface area (Å²) in [5.41, 5.74) is 2.67. The maximum atomic E-state index is 11.9. The molecule has 0 bridgehead atoms. The summed E-state index contributed by atoms with van der Waals surface area (Å²) < 4.78 is 5.76. The monoisotopic (exact) mass is 501 g/mol. The van der Waals surface area contributed by atoms with Crippen molar-refractivity contribution in [2.24, 2.45) is 0 Å². The molecular weight excluding hydrogens is 480 g/mol. The summed E-state index contributed by atoms with van der Waals surface area (Å²) in [5.74, 6) is 1.53. The number of hydrogen-bond donors (Lipinski definition) is 1. The molecule has 1 fully saturated rings. The molecule has 10 nitrogen and oxygen atoms in total. The fourth-order valence-corrected chi connectivity index (χ4v) is 4.08. The van der Waals surface area contributed by atoms with E-state index < -0.39 is 0 Å². The summed E-state index contributed by atoms with van der Waals surface area (Å²) in [6, 6.07) is 9.01. The number of rotatable bonds is 8. The molecule has 0 spiro atoms. The maximum absolute atomic E-state index is 11.9. The van der Waals surface area contributed by atoms with Crippen LogP contribution in [0.25, 0.3) is 16.4 Å². The van der Waals surface area contributed by atoms with Gasteiger partial charge in [-0.2, -0.15) is 0 Å². The Kier molecular flexibility index (Phi) is 6.85. The van der Waals surface area contributed by atoms with E-state index in [1.807, 2.05) is 18.2 Å². The van der Waals surface area contributed by atoms with Crippen LogP contribution in [0.1, 0.15) is 12.1 Å². The predicted molar refractivity (Wildman–Crippen MR) is 137 cm³/mol. The Morgan fingerprint density at radius 3 is 2.97 bits per heavy atom. The molecule has 1 saturated heterocycles. The SMILES string of the molecule is C=CC(=O)N1CCC([N-]c2ccc3ncnc(Nc4ccc(OCc5cnccn5)c(Cl)c4)c3n2)C1. The van der Waals surface area contributed by atoms with Crippen LogP contribution in [-0.2, 0) is 11.4 Å². The van der Waals surface area contributed by atoms with Crippen LogP contribution in [0.15, 0.2) is 67.9 Å². The first kappa shape index (κ1) is 23.4. The Balaban J connectivity index is 1.30. The molecule has 1 N–H and O–H groups in total. The van der Waals surface area contributed by atoms with Gasteiger partial charge in [-0.1, -0.05) is 30.1 Å². The van der Waals surface area contributed by atoms with Crippen LogP contribution in [0.3, 0.4) is 0 Å². The summed E-state index contributed by atoms with van der Waals surface area (Å²) in [4.78, 5) is 35.2. The van der Waals surface area contributed by atoms with Crippen molar-refractivity contribution in [2.75, 3.05) is 18.4 Å². The van der Waals surface area contributed by atoms with E-state index in [0.29, 0.717) is 57.9 Å². The van der Waals surface area contributed by atoms with E-state index >= 15 is 0 Å². The molecule has 4 heterocycles. The number of nitrogens with one attached hydrogen (secondary N) is 1. The Bertz CT molecular complexity index is 1400. The lowest BCUT2D eigenvalue weighted by molar-refractivity contribution is -0.124. The number of amides is 1. The zero-order chi connectivity index (χ0) is 24.9. The molecule has 36 heavy (non-hydrogen) atoms. The van der Waals surface area contributed by atoms with Gasteiger partial charge in [0.1, 0.15) is 24.5 Å². The average molecular weight is 502 g/mol. The third kappa shape index (κ3) is 5.33. The minimum atomic E-state index is -0.0807. The Morgan fingerprint density at radius 2 is 2.17 bits per heavy atom. The minimum Gasteiger partial charge on any atom is -0.486 e. The summed E-state index contributed by atoms with van der Waals surface area (Å²) in [6.45, 7) is 5.01. The van der Waals surface area contributed by atoms with Crippen LogP contribution < -0.4 is 10.1 Å². The number of likely N-dealkylation sites (tertiary alicyclic amines) is 1. The lowest BCUT2D eigenvalue weighted by atomic mass is 10.2. The molecule has 1 aliphatic heterocycles. The molecule has 1 atom stereocenters. The highest BCUT2D eigenvalue weighted by atomic mass is 35.5. The van der Waals surface area contributed by atoms with Gasteiger partial charge in [0.25, 0.3) is 0 Å². The number of nitrogens with zero attached hydrogens (tertiary/aromatic N) is 7. The second-order valence-corrected chi connectivity index (χ2v) is 8.48. The van der Waals surface area contributed by atoms with Gasteiger partial charge in [-0.15, -0.1) is 0 Å². The van der Waals surface area contributed by atoms with E-state index in [1.165, 1.54) is 12.4 Å². The summed E-state index contributed by atoms with van der Waals surface area (Å²) in [6.07, 6.45) is 8.43. The van der Waals surface area contributed by atoms with Gasteiger partial charge in [0.15, 0.2) is 0 Å². The van der Waals surface area contributed by atoms with Gasteiger partial charge in [-0.3, -0.25) is 14.8 Å². The molecule has 0 aliphatic carbocycles. The Hall–Kier alpha value is -4.31. The topological polar surface area (TPSA) is 120 Å². The highest BCUT2D eigenvalue weighted by Crippen LogP contribution is 2.32. The predicted octanol–water partition coefficient (Wildman–Crippen LogP) is 4.58. The van der Waals surface area contributed by atoms with Gasteiger partial charge < -0.3 is 25.3 Å². The van der Waals surface area contributed by atoms with Crippen molar-refractivity contribution < 1.29 is 9.53 Å². The molecule has 182 valence electrons.